The minimum Gasteiger partial charge on any atom is -0.299 e. The number of amides is 1. The smallest absolute Gasteiger partial charge is 0.240 e. The van der Waals surface area contributed by atoms with Gasteiger partial charge in [-0.05, 0) is 26.1 Å². The monoisotopic (exact) mass is 357 g/mol. The number of likely N-dealkylation sites (N-methyl/N-ethyl adjacent to an activating group) is 1. The number of aryl methyl sites for hydroxylation is 1. The van der Waals surface area contributed by atoms with Gasteiger partial charge in [0.15, 0.2) is 4.34 Å². The van der Waals surface area contributed by atoms with Crippen LogP contribution < -0.4 is 5.32 Å². The summed E-state index contributed by atoms with van der Waals surface area (Å²) in [5.41, 5.74) is 2.94. The fourth-order valence-corrected chi connectivity index (χ4v) is 4.22. The van der Waals surface area contributed by atoms with Crippen molar-refractivity contribution < 1.29 is 4.79 Å². The second-order valence-corrected chi connectivity index (χ2v) is 8.13. The molecule has 0 aliphatic heterocycles. The molecule has 0 aromatic carbocycles. The van der Waals surface area contributed by atoms with E-state index in [0.29, 0.717) is 11.7 Å². The molecule has 0 saturated carbocycles. The molecule has 22 heavy (non-hydrogen) atoms. The number of nitrogens with zero attached hydrogens (tertiary/aromatic N) is 4. The Kier molecular flexibility index (Phi) is 6.74. The molecule has 6 nitrogen and oxygen atoms in total. The predicted octanol–water partition coefficient (Wildman–Crippen LogP) is 2.53. The van der Waals surface area contributed by atoms with Gasteiger partial charge in [-0.3, -0.25) is 15.0 Å². The van der Waals surface area contributed by atoms with Crippen LogP contribution in [-0.2, 0) is 11.2 Å². The van der Waals surface area contributed by atoms with Crippen LogP contribution in [0.25, 0.3) is 0 Å². The first-order valence-corrected chi connectivity index (χ1v) is 9.60. The summed E-state index contributed by atoms with van der Waals surface area (Å²) < 4.78 is 0.881. The number of thioether (sulfide) groups is 1. The summed E-state index contributed by atoms with van der Waals surface area (Å²) in [6.45, 7) is 5.24. The number of hydrogen-bond acceptors (Lipinski definition) is 8. The zero-order chi connectivity index (χ0) is 15.9. The van der Waals surface area contributed by atoms with Gasteiger partial charge in [0.2, 0.25) is 11.0 Å². The molecule has 2 aromatic heterocycles. The minimum absolute atomic E-state index is 0.0623. The molecule has 2 heterocycles. The van der Waals surface area contributed by atoms with Crippen molar-refractivity contribution in [2.45, 2.75) is 24.6 Å². The normalized spacial score (nSPS) is 11.1. The maximum absolute atomic E-state index is 12.0. The molecule has 0 radical (unpaired) electrons. The van der Waals surface area contributed by atoms with E-state index >= 15 is 0 Å². The van der Waals surface area contributed by atoms with Crippen molar-refractivity contribution in [1.82, 2.24) is 20.1 Å². The Balaban J connectivity index is 1.74. The van der Waals surface area contributed by atoms with Crippen LogP contribution in [0.2, 0.25) is 0 Å². The molecule has 1 N–H and O–H groups in total. The van der Waals surface area contributed by atoms with Gasteiger partial charge in [-0.1, -0.05) is 30.0 Å². The Labute approximate surface area is 142 Å². The van der Waals surface area contributed by atoms with Gasteiger partial charge in [0.25, 0.3) is 0 Å². The first-order chi connectivity index (χ1) is 10.6. The highest BCUT2D eigenvalue weighted by Gasteiger charge is 2.11. The van der Waals surface area contributed by atoms with E-state index in [1.54, 1.807) is 23.1 Å². The first-order valence-electron chi connectivity index (χ1n) is 6.92. The van der Waals surface area contributed by atoms with Crippen LogP contribution in [0.1, 0.15) is 17.5 Å². The Hall–Kier alpha value is -1.03. The van der Waals surface area contributed by atoms with E-state index in [2.05, 4.69) is 27.4 Å². The number of aromatic nitrogens is 3. The molecule has 2 rings (SSSR count). The fraction of sp³-hybridized carbons (Fsp3) is 0.538. The van der Waals surface area contributed by atoms with E-state index in [4.69, 9.17) is 0 Å². The minimum atomic E-state index is -0.0623. The van der Waals surface area contributed by atoms with Gasteiger partial charge < -0.3 is 0 Å². The number of anilines is 1. The lowest BCUT2D eigenvalue weighted by Gasteiger charge is -2.15. The largest absolute Gasteiger partial charge is 0.299 e. The van der Waals surface area contributed by atoms with Crippen LogP contribution in [-0.4, -0.2) is 51.9 Å². The van der Waals surface area contributed by atoms with Gasteiger partial charge >= 0.3 is 0 Å². The van der Waals surface area contributed by atoms with Crippen LogP contribution in [0.5, 0.6) is 0 Å². The van der Waals surface area contributed by atoms with Crippen molar-refractivity contribution >= 4 is 45.5 Å². The van der Waals surface area contributed by atoms with Gasteiger partial charge in [-0.2, -0.15) is 0 Å². The zero-order valence-electron chi connectivity index (χ0n) is 12.8. The molecule has 0 aliphatic rings. The van der Waals surface area contributed by atoms with E-state index in [0.717, 1.165) is 28.8 Å². The molecule has 0 aliphatic carbocycles. The van der Waals surface area contributed by atoms with Gasteiger partial charge in [0, 0.05) is 11.4 Å². The van der Waals surface area contributed by atoms with Crippen molar-refractivity contribution in [3.8, 4) is 0 Å². The first kappa shape index (κ1) is 17.3. The Bertz CT molecular complexity index is 612. The molecule has 9 heteroatoms. The summed E-state index contributed by atoms with van der Waals surface area (Å²) in [5.74, 6) is 0.884. The third-order valence-electron chi connectivity index (χ3n) is 2.90. The van der Waals surface area contributed by atoms with Crippen LogP contribution in [0, 0.1) is 6.92 Å². The number of hydrogen-bond donors (Lipinski definition) is 1. The van der Waals surface area contributed by atoms with E-state index in [1.165, 1.54) is 16.2 Å². The summed E-state index contributed by atoms with van der Waals surface area (Å²) >= 11 is 4.70. The van der Waals surface area contributed by atoms with Gasteiger partial charge in [0.1, 0.15) is 0 Å². The Morgan fingerprint density at radius 2 is 2.27 bits per heavy atom. The van der Waals surface area contributed by atoms with Gasteiger partial charge in [-0.25, -0.2) is 4.98 Å². The summed E-state index contributed by atoms with van der Waals surface area (Å²) in [6.07, 6.45) is 0.913. The standard InChI is InChI=1S/C13H19N5OS3/c1-4-20-13-17-16-12(22-13)15-11(19)7-18(3)6-5-10-9(2)14-8-21-10/h8H,4-7H2,1-3H3,(H,15,16,19). The number of thiazole rings is 1. The fourth-order valence-electron chi connectivity index (χ4n) is 1.78. The average Bonchev–Trinajstić information content (AvgIpc) is 3.06. The lowest BCUT2D eigenvalue weighted by Crippen LogP contribution is -2.31. The van der Waals surface area contributed by atoms with E-state index < -0.39 is 0 Å². The highest BCUT2D eigenvalue weighted by Crippen LogP contribution is 2.24. The lowest BCUT2D eigenvalue weighted by atomic mass is 10.3. The van der Waals surface area contributed by atoms with Crippen LogP contribution in [0.3, 0.4) is 0 Å². The second-order valence-electron chi connectivity index (χ2n) is 4.70. The van der Waals surface area contributed by atoms with Crippen molar-refractivity contribution in [3.05, 3.63) is 16.1 Å². The molecule has 2 aromatic rings. The second kappa shape index (κ2) is 8.56. The SMILES string of the molecule is CCSc1nnc(NC(=O)CN(C)CCc2scnc2C)s1. The quantitative estimate of drug-likeness (QED) is 0.578. The Morgan fingerprint density at radius 1 is 1.45 bits per heavy atom. The third-order valence-corrected chi connectivity index (χ3v) is 5.75. The highest BCUT2D eigenvalue weighted by atomic mass is 32.2. The van der Waals surface area contributed by atoms with Crippen LogP contribution in [0.4, 0.5) is 5.13 Å². The van der Waals surface area contributed by atoms with Crippen LogP contribution in [0.15, 0.2) is 9.85 Å². The average molecular weight is 358 g/mol. The van der Waals surface area contributed by atoms with Crippen molar-refractivity contribution in [3.63, 3.8) is 0 Å². The molecule has 0 unspecified atom stereocenters. The predicted molar refractivity (Wildman–Crippen MR) is 93.0 cm³/mol. The van der Waals surface area contributed by atoms with E-state index in [9.17, 15) is 4.79 Å². The van der Waals surface area contributed by atoms with Crippen molar-refractivity contribution in [2.75, 3.05) is 31.2 Å². The Morgan fingerprint density at radius 3 is 2.95 bits per heavy atom. The molecule has 120 valence electrons. The lowest BCUT2D eigenvalue weighted by molar-refractivity contribution is -0.117. The number of rotatable bonds is 8. The summed E-state index contributed by atoms with van der Waals surface area (Å²) in [4.78, 5) is 19.5. The van der Waals surface area contributed by atoms with E-state index in [1.807, 2.05) is 24.4 Å². The van der Waals surface area contributed by atoms with Crippen LogP contribution >= 0.6 is 34.4 Å². The van der Waals surface area contributed by atoms with Gasteiger partial charge in [0.05, 0.1) is 17.7 Å². The summed E-state index contributed by atoms with van der Waals surface area (Å²) in [5, 5.41) is 11.3. The molecular weight excluding hydrogens is 338 g/mol. The number of carbonyl (C=O) groups is 1. The topological polar surface area (TPSA) is 71.0 Å². The molecule has 0 bridgehead atoms. The number of nitrogens with one attached hydrogen (secondary N) is 1. The molecular formula is C13H19N5OS3. The maximum Gasteiger partial charge on any atom is 0.240 e. The zero-order valence-corrected chi connectivity index (χ0v) is 15.3. The molecule has 1 amide bonds. The molecule has 0 fully saturated rings. The number of carbonyl (C=O) groups excluding carboxylic acids is 1. The van der Waals surface area contributed by atoms with Crippen molar-refractivity contribution in [1.29, 1.82) is 0 Å². The maximum atomic E-state index is 12.0. The van der Waals surface area contributed by atoms with Crippen molar-refractivity contribution in [2.24, 2.45) is 0 Å². The summed E-state index contributed by atoms with van der Waals surface area (Å²) in [7, 11) is 1.94. The molecule has 0 saturated heterocycles. The molecule has 0 spiro atoms. The van der Waals surface area contributed by atoms with Gasteiger partial charge in [-0.15, -0.1) is 21.5 Å². The summed E-state index contributed by atoms with van der Waals surface area (Å²) in [6, 6.07) is 0. The highest BCUT2D eigenvalue weighted by molar-refractivity contribution is 8.01. The third kappa shape index (κ3) is 5.31. The van der Waals surface area contributed by atoms with E-state index in [-0.39, 0.29) is 5.91 Å². The molecule has 0 atom stereocenters.